The molecule has 1 saturated heterocycles. The molecule has 6 atom stereocenters. The smallest absolute Gasteiger partial charge is 0.459 e. The van der Waals surface area contributed by atoms with Crippen molar-refractivity contribution in [1.82, 2.24) is 14.6 Å². The van der Waals surface area contributed by atoms with Crippen LogP contribution in [0.2, 0.25) is 0 Å². The molecule has 5 N–H and O–H groups in total. The van der Waals surface area contributed by atoms with Crippen LogP contribution in [0.3, 0.4) is 0 Å². The molecule has 0 aliphatic carbocycles. The van der Waals surface area contributed by atoms with Crippen molar-refractivity contribution in [2.24, 2.45) is 5.73 Å². The van der Waals surface area contributed by atoms with Crippen molar-refractivity contribution in [2.45, 2.75) is 57.4 Å². The summed E-state index contributed by atoms with van der Waals surface area (Å²) in [6, 6.07) is 5.66. The molecule has 3 rings (SSSR count). The largest absolute Gasteiger partial charge is 0.462 e. The zero-order chi connectivity index (χ0) is 26.6. The number of nitrogens with two attached hydrogens (primary N) is 1. The summed E-state index contributed by atoms with van der Waals surface area (Å²) in [7, 11) is -4.27. The second-order valence-corrected chi connectivity index (χ2v) is 10.0. The number of hydrogen-bond acceptors (Lipinski definition) is 10. The second-order valence-electron chi connectivity index (χ2n) is 8.31. The van der Waals surface area contributed by atoms with Crippen molar-refractivity contribution in [3.05, 3.63) is 63.2 Å². The number of hydrogen-bond donors (Lipinski definition) is 4. The number of para-hydroxylation sites is 1. The van der Waals surface area contributed by atoms with Crippen LogP contribution in [0.25, 0.3) is 0 Å². The SMILES string of the molecule is CC(C)OC(=O)[C@@H](C)N[P@](=O)(OC[C@H]1O[C@@H](n2cc(F)c(=O)[nH]c2=O)[C@H](N)[C@@H]1O)Oc1ccccc1. The Balaban J connectivity index is 1.77. The molecule has 1 aliphatic heterocycles. The minimum Gasteiger partial charge on any atom is -0.462 e. The number of nitrogens with zero attached hydrogens (tertiary/aromatic N) is 1. The van der Waals surface area contributed by atoms with Crippen molar-refractivity contribution in [1.29, 1.82) is 0 Å². The van der Waals surface area contributed by atoms with Gasteiger partial charge in [-0.15, -0.1) is 0 Å². The maximum absolute atomic E-state index is 13.7. The molecular formula is C21H28FN4O9P. The van der Waals surface area contributed by atoms with Crippen LogP contribution in [0.5, 0.6) is 5.75 Å². The fourth-order valence-electron chi connectivity index (χ4n) is 3.31. The lowest BCUT2D eigenvalue weighted by atomic mass is 10.1. The quantitative estimate of drug-likeness (QED) is 0.246. The number of H-pyrrole nitrogens is 1. The molecule has 1 fully saturated rings. The summed E-state index contributed by atoms with van der Waals surface area (Å²) in [6.07, 6.45) is -3.85. The Kier molecular flexibility index (Phi) is 8.82. The number of benzene rings is 1. The highest BCUT2D eigenvalue weighted by molar-refractivity contribution is 7.52. The Morgan fingerprint density at radius 3 is 2.61 bits per heavy atom. The van der Waals surface area contributed by atoms with Crippen LogP contribution < -0.4 is 26.6 Å². The van der Waals surface area contributed by atoms with E-state index >= 15 is 0 Å². The first-order chi connectivity index (χ1) is 16.9. The number of rotatable bonds is 10. The first-order valence-corrected chi connectivity index (χ1v) is 12.5. The molecule has 2 aromatic rings. The van der Waals surface area contributed by atoms with E-state index in [-0.39, 0.29) is 5.75 Å². The minimum absolute atomic E-state index is 0.162. The Labute approximate surface area is 204 Å². The third-order valence-corrected chi connectivity index (χ3v) is 6.70. The minimum atomic E-state index is -4.27. The van der Waals surface area contributed by atoms with Crippen LogP contribution in [0.15, 0.2) is 46.1 Å². The van der Waals surface area contributed by atoms with Crippen LogP contribution >= 0.6 is 7.75 Å². The van der Waals surface area contributed by atoms with Crippen LogP contribution in [0.1, 0.15) is 27.0 Å². The van der Waals surface area contributed by atoms with Gasteiger partial charge in [0.25, 0.3) is 5.56 Å². The number of halogens is 1. The standard InChI is InChI=1S/C21H28FN4O9P/c1-11(2)33-20(29)12(3)25-36(31,35-13-7-5-4-6-8-13)32-10-15-17(27)16(23)19(34-15)26-9-14(22)18(28)24-21(26)30/h4-9,11-12,15-17,19,27H,10,23H2,1-3H3,(H,25,31)(H,24,28,30)/t12-,15-,16-,17-,19-,36+/m1/s1. The molecule has 0 spiro atoms. The predicted molar refractivity (Wildman–Crippen MR) is 124 cm³/mol. The summed E-state index contributed by atoms with van der Waals surface area (Å²) < 4.78 is 49.6. The van der Waals surface area contributed by atoms with E-state index in [1.165, 1.54) is 19.1 Å². The van der Waals surface area contributed by atoms with E-state index in [1.54, 1.807) is 37.0 Å². The third-order valence-electron chi connectivity index (χ3n) is 5.05. The molecule has 15 heteroatoms. The molecule has 0 unspecified atom stereocenters. The molecule has 198 valence electrons. The van der Waals surface area contributed by atoms with Gasteiger partial charge < -0.3 is 24.8 Å². The number of aromatic nitrogens is 2. The van der Waals surface area contributed by atoms with Gasteiger partial charge in [-0.2, -0.15) is 9.48 Å². The topological polar surface area (TPSA) is 184 Å². The monoisotopic (exact) mass is 530 g/mol. The predicted octanol–water partition coefficient (Wildman–Crippen LogP) is 0.395. The number of aromatic amines is 1. The molecule has 0 saturated carbocycles. The van der Waals surface area contributed by atoms with Gasteiger partial charge in [0.05, 0.1) is 24.9 Å². The van der Waals surface area contributed by atoms with Crippen molar-refractivity contribution in [3.8, 4) is 5.75 Å². The molecule has 36 heavy (non-hydrogen) atoms. The van der Waals surface area contributed by atoms with Gasteiger partial charge >= 0.3 is 19.4 Å². The summed E-state index contributed by atoms with van der Waals surface area (Å²) >= 11 is 0. The highest BCUT2D eigenvalue weighted by atomic mass is 31.2. The van der Waals surface area contributed by atoms with Gasteiger partial charge in [-0.1, -0.05) is 18.2 Å². The summed E-state index contributed by atoms with van der Waals surface area (Å²) in [5, 5.41) is 13.0. The first kappa shape index (κ1) is 27.7. The summed E-state index contributed by atoms with van der Waals surface area (Å²) in [6.45, 7) is 4.15. The average molecular weight is 530 g/mol. The van der Waals surface area contributed by atoms with Gasteiger partial charge in [0.2, 0.25) is 5.82 Å². The van der Waals surface area contributed by atoms with E-state index in [9.17, 15) is 28.4 Å². The third kappa shape index (κ3) is 6.66. The lowest BCUT2D eigenvalue weighted by Gasteiger charge is -2.25. The van der Waals surface area contributed by atoms with E-state index in [2.05, 4.69) is 5.09 Å². The fourth-order valence-corrected chi connectivity index (χ4v) is 4.81. The Morgan fingerprint density at radius 2 is 1.97 bits per heavy atom. The lowest BCUT2D eigenvalue weighted by Crippen LogP contribution is -2.43. The highest BCUT2D eigenvalue weighted by Gasteiger charge is 2.45. The molecule has 0 bridgehead atoms. The molecule has 1 aliphatic rings. The maximum Gasteiger partial charge on any atom is 0.459 e. The van der Waals surface area contributed by atoms with Crippen molar-refractivity contribution in [3.63, 3.8) is 0 Å². The number of aliphatic hydroxyl groups excluding tert-OH is 1. The van der Waals surface area contributed by atoms with Crippen LogP contribution in [0.4, 0.5) is 4.39 Å². The zero-order valence-corrected chi connectivity index (χ0v) is 20.6. The second kappa shape index (κ2) is 11.5. The number of carbonyl (C=O) groups is 1. The number of nitrogens with one attached hydrogen (secondary N) is 2. The van der Waals surface area contributed by atoms with Crippen molar-refractivity contribution >= 4 is 13.7 Å². The summed E-state index contributed by atoms with van der Waals surface area (Å²) in [5.74, 6) is -1.80. The molecule has 1 aromatic heterocycles. The highest BCUT2D eigenvalue weighted by Crippen LogP contribution is 2.45. The Hall–Kier alpha value is -2.87. The van der Waals surface area contributed by atoms with Gasteiger partial charge in [-0.25, -0.2) is 9.36 Å². The zero-order valence-electron chi connectivity index (χ0n) is 19.7. The molecule has 0 radical (unpaired) electrons. The van der Waals surface area contributed by atoms with Gasteiger partial charge in [0, 0.05) is 0 Å². The van der Waals surface area contributed by atoms with E-state index in [0.717, 1.165) is 0 Å². The number of aliphatic hydroxyl groups is 1. The number of carbonyl (C=O) groups excluding carboxylic acids is 1. The summed E-state index contributed by atoms with van der Waals surface area (Å²) in [4.78, 5) is 37.4. The van der Waals surface area contributed by atoms with E-state index in [0.29, 0.717) is 10.8 Å². The molecule has 13 nitrogen and oxygen atoms in total. The average Bonchev–Trinajstić information content (AvgIpc) is 3.08. The van der Waals surface area contributed by atoms with Gasteiger partial charge in [0.15, 0.2) is 6.23 Å². The van der Waals surface area contributed by atoms with Gasteiger partial charge in [0.1, 0.15) is 24.0 Å². The normalized spacial score (nSPS) is 24.3. The first-order valence-electron chi connectivity index (χ1n) is 11.0. The van der Waals surface area contributed by atoms with Crippen LogP contribution in [-0.2, 0) is 23.4 Å². The Morgan fingerprint density at radius 1 is 1.31 bits per heavy atom. The fraction of sp³-hybridized carbons (Fsp3) is 0.476. The van der Waals surface area contributed by atoms with Crippen molar-refractivity contribution in [2.75, 3.05) is 6.61 Å². The summed E-state index contributed by atoms with van der Waals surface area (Å²) in [5.41, 5.74) is 3.72. The number of ether oxygens (including phenoxy) is 2. The maximum atomic E-state index is 13.7. The van der Waals surface area contributed by atoms with Crippen LogP contribution in [-0.4, -0.2) is 57.6 Å². The van der Waals surface area contributed by atoms with Gasteiger partial charge in [-0.3, -0.25) is 23.7 Å². The van der Waals surface area contributed by atoms with Crippen LogP contribution in [0, 0.1) is 5.82 Å². The molecular weight excluding hydrogens is 502 g/mol. The lowest BCUT2D eigenvalue weighted by molar-refractivity contribution is -0.149. The molecule has 0 amide bonds. The Bertz CT molecular complexity index is 1220. The molecule has 2 heterocycles. The number of esters is 1. The van der Waals surface area contributed by atoms with E-state index in [4.69, 9.17) is 24.3 Å². The molecule has 1 aromatic carbocycles. The van der Waals surface area contributed by atoms with E-state index in [1.807, 2.05) is 0 Å². The van der Waals surface area contributed by atoms with Crippen molar-refractivity contribution < 1.29 is 37.4 Å². The van der Waals surface area contributed by atoms with E-state index < -0.39 is 74.0 Å². The van der Waals surface area contributed by atoms with Gasteiger partial charge in [-0.05, 0) is 32.9 Å².